The second kappa shape index (κ2) is 47.5. The van der Waals surface area contributed by atoms with Gasteiger partial charge in [-0.2, -0.15) is 0 Å². The number of hydrogen-bond donors (Lipinski definition) is 0. The van der Waals surface area contributed by atoms with Gasteiger partial charge in [0, 0.05) is 19.3 Å². The van der Waals surface area contributed by atoms with Gasteiger partial charge in [-0.15, -0.1) is 0 Å². The van der Waals surface area contributed by atoms with E-state index in [0.29, 0.717) is 12.8 Å². The molecule has 0 radical (unpaired) electrons. The Balaban J connectivity index is 4.24. The van der Waals surface area contributed by atoms with Crippen molar-refractivity contribution in [2.75, 3.05) is 41.0 Å². The molecule has 2 unspecified atom stereocenters. The average molecular weight is 912 g/mol. The first-order valence-corrected chi connectivity index (χ1v) is 26.8. The predicted octanol–water partition coefficient (Wildman–Crippen LogP) is 14.4. The first-order valence-electron chi connectivity index (χ1n) is 26.8. The van der Waals surface area contributed by atoms with Crippen LogP contribution in [0.3, 0.4) is 0 Å². The van der Waals surface area contributed by atoms with E-state index in [1.54, 1.807) is 21.1 Å². The highest BCUT2D eigenvalue weighted by Gasteiger charge is 2.25. The van der Waals surface area contributed by atoms with Gasteiger partial charge in [0.1, 0.15) is 12.6 Å². The third kappa shape index (κ3) is 46.0. The van der Waals surface area contributed by atoms with E-state index in [1.807, 2.05) is 0 Å². The smallest absolute Gasteiger partial charge is 0.306 e. The summed E-state index contributed by atoms with van der Waals surface area (Å²) in [6, 6.07) is -0.730. The van der Waals surface area contributed by atoms with Crippen LogP contribution in [0.25, 0.3) is 0 Å². The number of carbonyl (C=O) groups excluding carboxylic acids is 3. The molecule has 0 amide bonds. The number of carboxylic acids is 1. The number of likely N-dealkylation sites (N-methyl/N-ethyl adjacent to an activating group) is 1. The maximum atomic E-state index is 12.8. The van der Waals surface area contributed by atoms with E-state index in [0.717, 1.165) is 70.6 Å². The molecule has 376 valence electrons. The van der Waals surface area contributed by atoms with Crippen LogP contribution in [0.1, 0.15) is 232 Å². The number of rotatable bonds is 48. The summed E-state index contributed by atoms with van der Waals surface area (Å²) in [5.74, 6) is -1.74. The molecule has 0 spiro atoms. The Hall–Kier alpha value is -2.97. The van der Waals surface area contributed by atoms with E-state index in [4.69, 9.17) is 14.2 Å². The quantitative estimate of drug-likeness (QED) is 0.0259. The average Bonchev–Trinajstić information content (AvgIpc) is 3.27. The second-order valence-electron chi connectivity index (χ2n) is 19.1. The van der Waals surface area contributed by atoms with Crippen LogP contribution in [-0.2, 0) is 28.6 Å². The molecule has 0 aliphatic carbocycles. The molecule has 0 saturated carbocycles. The molecule has 8 heteroatoms. The summed E-state index contributed by atoms with van der Waals surface area (Å²) in [4.78, 5) is 37.1. The summed E-state index contributed by atoms with van der Waals surface area (Å²) < 4.78 is 17.3. The van der Waals surface area contributed by atoms with Crippen LogP contribution in [-0.4, -0.2) is 75.5 Å². The fourth-order valence-electron chi connectivity index (χ4n) is 7.76. The standard InChI is InChI=1S/C57H101NO7/c1-6-8-10-12-14-16-18-20-22-24-26-27-28-30-32-34-36-38-40-42-44-46-48-56(60)65-53(51-63-50-49-54(57(61)62)58(3,4)5)52-64-55(59)47-45-43-41-39-37-35-33-31-29-25-23-21-19-17-15-13-11-9-7-2/h8,10,14,16,20,22,25-27,29,53-54H,6-7,9,11-13,15,17-19,21,23-24,28,30-52H2,1-5H3/b10-8+,16-14+,22-20+,27-26+,29-25+. The maximum Gasteiger partial charge on any atom is 0.306 e. The lowest BCUT2D eigenvalue weighted by Gasteiger charge is -2.34. The molecule has 0 bridgehead atoms. The van der Waals surface area contributed by atoms with E-state index in [2.05, 4.69) is 74.6 Å². The summed E-state index contributed by atoms with van der Waals surface area (Å²) >= 11 is 0. The number of esters is 2. The van der Waals surface area contributed by atoms with Gasteiger partial charge in [-0.25, -0.2) is 0 Å². The third-order valence-electron chi connectivity index (χ3n) is 11.9. The molecule has 0 heterocycles. The van der Waals surface area contributed by atoms with E-state index in [1.165, 1.54) is 128 Å². The number of quaternary nitrogens is 1. The second-order valence-corrected chi connectivity index (χ2v) is 19.1. The molecule has 65 heavy (non-hydrogen) atoms. The van der Waals surface area contributed by atoms with Crippen LogP contribution < -0.4 is 5.11 Å². The number of ether oxygens (including phenoxy) is 3. The van der Waals surface area contributed by atoms with Gasteiger partial charge in [0.05, 0.1) is 40.3 Å². The predicted molar refractivity (Wildman–Crippen MR) is 273 cm³/mol. The number of hydrogen-bond acceptors (Lipinski definition) is 7. The Morgan fingerprint density at radius 1 is 0.477 bits per heavy atom. The van der Waals surface area contributed by atoms with Gasteiger partial charge >= 0.3 is 11.9 Å². The number of carboxylic acid groups (broad SMARTS) is 1. The zero-order chi connectivity index (χ0) is 47.7. The third-order valence-corrected chi connectivity index (χ3v) is 11.9. The first-order chi connectivity index (χ1) is 31.6. The zero-order valence-corrected chi connectivity index (χ0v) is 42.9. The van der Waals surface area contributed by atoms with Crippen molar-refractivity contribution in [2.45, 2.75) is 244 Å². The molecule has 0 rings (SSSR count). The topological polar surface area (TPSA) is 102 Å². The molecule has 0 aromatic heterocycles. The normalized spacial score (nSPS) is 13.3. The van der Waals surface area contributed by atoms with Crippen LogP contribution >= 0.6 is 0 Å². The van der Waals surface area contributed by atoms with Crippen LogP contribution in [0.2, 0.25) is 0 Å². The molecular weight excluding hydrogens is 811 g/mol. The van der Waals surface area contributed by atoms with Gasteiger partial charge in [-0.05, 0) is 77.0 Å². The van der Waals surface area contributed by atoms with Gasteiger partial charge < -0.3 is 28.6 Å². The van der Waals surface area contributed by atoms with Gasteiger partial charge in [-0.3, -0.25) is 9.59 Å². The zero-order valence-electron chi connectivity index (χ0n) is 42.9. The largest absolute Gasteiger partial charge is 0.544 e. The molecule has 8 nitrogen and oxygen atoms in total. The van der Waals surface area contributed by atoms with Crippen LogP contribution in [0.15, 0.2) is 60.8 Å². The van der Waals surface area contributed by atoms with Crippen molar-refractivity contribution in [3.8, 4) is 0 Å². The summed E-state index contributed by atoms with van der Waals surface area (Å²) in [7, 11) is 5.42. The monoisotopic (exact) mass is 912 g/mol. The van der Waals surface area contributed by atoms with Crippen molar-refractivity contribution in [2.24, 2.45) is 0 Å². The molecule has 0 aliphatic rings. The van der Waals surface area contributed by atoms with Gasteiger partial charge in [0.15, 0.2) is 6.10 Å². The molecule has 0 saturated heterocycles. The molecule has 0 aromatic carbocycles. The Morgan fingerprint density at radius 2 is 0.862 bits per heavy atom. The van der Waals surface area contributed by atoms with Crippen molar-refractivity contribution in [3.63, 3.8) is 0 Å². The Kier molecular flexibility index (Phi) is 45.3. The summed E-state index contributed by atoms with van der Waals surface area (Å²) in [5, 5.41) is 11.7. The maximum absolute atomic E-state index is 12.8. The Bertz CT molecular complexity index is 1250. The lowest BCUT2D eigenvalue weighted by atomic mass is 10.1. The number of unbranched alkanes of at least 4 members (excludes halogenated alkanes) is 24. The molecular formula is C57H101NO7. The van der Waals surface area contributed by atoms with Crippen LogP contribution in [0.5, 0.6) is 0 Å². The Morgan fingerprint density at radius 3 is 1.29 bits per heavy atom. The summed E-state index contributed by atoms with van der Waals surface area (Å²) in [6.45, 7) is 4.56. The fourth-order valence-corrected chi connectivity index (χ4v) is 7.76. The summed E-state index contributed by atoms with van der Waals surface area (Å²) in [5.41, 5.74) is 0. The van der Waals surface area contributed by atoms with Gasteiger partial charge in [0.25, 0.3) is 0 Å². The first kappa shape index (κ1) is 62.0. The van der Waals surface area contributed by atoms with Crippen LogP contribution in [0.4, 0.5) is 0 Å². The van der Waals surface area contributed by atoms with Crippen molar-refractivity contribution in [1.82, 2.24) is 0 Å². The lowest BCUT2D eigenvalue weighted by Crippen LogP contribution is -2.55. The van der Waals surface area contributed by atoms with Crippen molar-refractivity contribution in [3.05, 3.63) is 60.8 Å². The van der Waals surface area contributed by atoms with Crippen molar-refractivity contribution in [1.29, 1.82) is 0 Å². The molecule has 0 aliphatic heterocycles. The SMILES string of the molecule is CC/C=C/C/C=C/C/C=C/C/C=C/CCCCCCCCCCCC(=O)OC(COCCC(C(=O)[O-])[N+](C)(C)C)COC(=O)CCCCCCCCC/C=C/CCCCCCCCCC. The molecule has 2 atom stereocenters. The van der Waals surface area contributed by atoms with E-state index < -0.39 is 18.1 Å². The van der Waals surface area contributed by atoms with Crippen LogP contribution in [0, 0.1) is 0 Å². The Labute approximate surface area is 400 Å². The van der Waals surface area contributed by atoms with E-state index in [9.17, 15) is 19.5 Å². The van der Waals surface area contributed by atoms with Gasteiger partial charge in [-0.1, -0.05) is 197 Å². The van der Waals surface area contributed by atoms with Gasteiger partial charge in [0.2, 0.25) is 0 Å². The lowest BCUT2D eigenvalue weighted by molar-refractivity contribution is -0.889. The highest BCUT2D eigenvalue weighted by Crippen LogP contribution is 2.15. The number of aliphatic carboxylic acids is 1. The number of nitrogens with zero attached hydrogens (tertiary/aromatic N) is 1. The molecule has 0 aromatic rings. The highest BCUT2D eigenvalue weighted by molar-refractivity contribution is 5.70. The minimum absolute atomic E-state index is 0.0361. The van der Waals surface area contributed by atoms with Crippen molar-refractivity contribution < 1.29 is 38.2 Å². The minimum atomic E-state index is -1.13. The minimum Gasteiger partial charge on any atom is -0.544 e. The highest BCUT2D eigenvalue weighted by atomic mass is 16.6. The van der Waals surface area contributed by atoms with E-state index >= 15 is 0 Å². The summed E-state index contributed by atoms with van der Waals surface area (Å²) in [6.07, 6.45) is 59.6. The fraction of sp³-hybridized carbons (Fsp3) is 0.772. The van der Waals surface area contributed by atoms with E-state index in [-0.39, 0.29) is 42.7 Å². The number of carbonyl (C=O) groups is 3. The molecule has 0 N–H and O–H groups in total. The molecule has 0 fully saturated rings. The van der Waals surface area contributed by atoms with Crippen molar-refractivity contribution >= 4 is 17.9 Å². The number of allylic oxidation sites excluding steroid dienone is 10.